The van der Waals surface area contributed by atoms with E-state index < -0.39 is 5.91 Å². The number of benzene rings is 3. The van der Waals surface area contributed by atoms with Gasteiger partial charge in [-0.25, -0.2) is 0 Å². The summed E-state index contributed by atoms with van der Waals surface area (Å²) in [6, 6.07) is 27.5. The number of ether oxygens (including phenoxy) is 1. The summed E-state index contributed by atoms with van der Waals surface area (Å²) in [5, 5.41) is 13.6. The van der Waals surface area contributed by atoms with Crippen LogP contribution < -0.4 is 10.1 Å². The predicted octanol–water partition coefficient (Wildman–Crippen LogP) is 6.33. The molecule has 0 atom stereocenters. The molecule has 4 rings (SSSR count). The number of anilines is 1. The zero-order valence-electron chi connectivity index (χ0n) is 19.6. The summed E-state index contributed by atoms with van der Waals surface area (Å²) in [6.07, 6.45) is 1.71. The molecule has 0 aliphatic carbocycles. The predicted molar refractivity (Wildman–Crippen MR) is 137 cm³/mol. The number of aromatic nitrogens is 1. The Balaban J connectivity index is 1.68. The smallest absolute Gasteiger partial charge is 0.266 e. The largest absolute Gasteiger partial charge is 0.491 e. The van der Waals surface area contributed by atoms with Crippen LogP contribution in [0.3, 0.4) is 0 Å². The first kappa shape index (κ1) is 22.9. The molecule has 0 bridgehead atoms. The minimum absolute atomic E-state index is 0.0247. The molecule has 0 unspecified atom stereocenters. The maximum atomic E-state index is 13.0. The maximum absolute atomic E-state index is 13.0. The molecule has 1 N–H and O–H groups in total. The second-order valence-corrected chi connectivity index (χ2v) is 8.41. The van der Waals surface area contributed by atoms with Crippen molar-refractivity contribution in [1.82, 2.24) is 4.57 Å². The average Bonchev–Trinajstić information content (AvgIpc) is 3.08. The normalized spacial score (nSPS) is 11.4. The van der Waals surface area contributed by atoms with Crippen molar-refractivity contribution in [2.45, 2.75) is 33.4 Å². The summed E-state index contributed by atoms with van der Waals surface area (Å²) in [5.74, 6) is 0.207. The first-order chi connectivity index (χ1) is 16.5. The van der Waals surface area contributed by atoms with Crippen molar-refractivity contribution in [3.05, 3.63) is 101 Å². The van der Waals surface area contributed by atoms with E-state index >= 15 is 0 Å². The van der Waals surface area contributed by atoms with E-state index in [0.29, 0.717) is 18.0 Å². The number of nitrogens with zero attached hydrogens (tertiary/aromatic N) is 2. The van der Waals surface area contributed by atoms with Gasteiger partial charge in [0.15, 0.2) is 0 Å². The highest BCUT2D eigenvalue weighted by atomic mass is 16.5. The SMILES string of the molecule is Cc1c(/C=C(/C#N)C(=O)Nc2cccc(OC(C)C)c2)c2ccccc2n1Cc1ccccc1. The molecule has 5 nitrogen and oxygen atoms in total. The molecule has 4 aromatic rings. The van der Waals surface area contributed by atoms with Crippen LogP contribution in [0, 0.1) is 18.3 Å². The number of nitrogens with one attached hydrogen (secondary N) is 1. The van der Waals surface area contributed by atoms with Crippen LogP contribution in [0.1, 0.15) is 30.7 Å². The fourth-order valence-electron chi connectivity index (χ4n) is 4.02. The summed E-state index contributed by atoms with van der Waals surface area (Å²) < 4.78 is 7.92. The summed E-state index contributed by atoms with van der Waals surface area (Å²) in [7, 11) is 0. The molecule has 1 heterocycles. The molecule has 0 fully saturated rings. The van der Waals surface area contributed by atoms with Crippen molar-refractivity contribution in [2.24, 2.45) is 0 Å². The molecule has 1 aromatic heterocycles. The molecular formula is C29H27N3O2. The van der Waals surface area contributed by atoms with Crippen molar-refractivity contribution >= 4 is 28.6 Å². The number of nitriles is 1. The Kier molecular flexibility index (Phi) is 6.79. The van der Waals surface area contributed by atoms with Crippen molar-refractivity contribution in [2.75, 3.05) is 5.32 Å². The third kappa shape index (κ3) is 5.02. The molecule has 3 aromatic carbocycles. The highest BCUT2D eigenvalue weighted by Gasteiger charge is 2.16. The Labute approximate surface area is 199 Å². The number of amides is 1. The number of hydrogen-bond donors (Lipinski definition) is 1. The Hall–Kier alpha value is -4.30. The van der Waals surface area contributed by atoms with Crippen molar-refractivity contribution in [3.63, 3.8) is 0 Å². The fraction of sp³-hybridized carbons (Fsp3) is 0.172. The van der Waals surface area contributed by atoms with Gasteiger partial charge >= 0.3 is 0 Å². The van der Waals surface area contributed by atoms with E-state index in [2.05, 4.69) is 34.2 Å². The zero-order valence-corrected chi connectivity index (χ0v) is 19.6. The lowest BCUT2D eigenvalue weighted by molar-refractivity contribution is -0.112. The Morgan fingerprint density at radius 1 is 1.06 bits per heavy atom. The van der Waals surface area contributed by atoms with Crippen molar-refractivity contribution < 1.29 is 9.53 Å². The Morgan fingerprint density at radius 3 is 2.53 bits per heavy atom. The molecule has 0 spiro atoms. The number of carbonyl (C=O) groups is 1. The van der Waals surface area contributed by atoms with Gasteiger partial charge < -0.3 is 14.6 Å². The van der Waals surface area contributed by atoms with E-state index in [9.17, 15) is 10.1 Å². The van der Waals surface area contributed by atoms with Crippen LogP contribution in [-0.4, -0.2) is 16.6 Å². The molecule has 170 valence electrons. The third-order valence-electron chi connectivity index (χ3n) is 5.58. The first-order valence-corrected chi connectivity index (χ1v) is 11.3. The van der Waals surface area contributed by atoms with E-state index in [4.69, 9.17) is 4.74 Å². The standard InChI is InChI=1S/C29H27N3O2/c1-20(2)34-25-13-9-12-24(17-25)31-29(33)23(18-30)16-27-21(3)32(19-22-10-5-4-6-11-22)28-15-8-7-14-26(27)28/h4-17,20H,19H2,1-3H3,(H,31,33)/b23-16-. The third-order valence-corrected chi connectivity index (χ3v) is 5.58. The van der Waals surface area contributed by atoms with Gasteiger partial charge in [-0.05, 0) is 50.6 Å². The topological polar surface area (TPSA) is 67.1 Å². The molecular weight excluding hydrogens is 422 g/mol. The van der Waals surface area contributed by atoms with Crippen LogP contribution in [0.25, 0.3) is 17.0 Å². The number of hydrogen-bond acceptors (Lipinski definition) is 3. The number of rotatable bonds is 7. The van der Waals surface area contributed by atoms with Crippen molar-refractivity contribution in [3.8, 4) is 11.8 Å². The van der Waals surface area contributed by atoms with Gasteiger partial charge in [-0.1, -0.05) is 54.6 Å². The molecule has 0 radical (unpaired) electrons. The molecule has 1 amide bonds. The summed E-state index contributed by atoms with van der Waals surface area (Å²) in [5.41, 5.74) is 4.73. The summed E-state index contributed by atoms with van der Waals surface area (Å²) >= 11 is 0. The Bertz CT molecular complexity index is 1390. The lowest BCUT2D eigenvalue weighted by Gasteiger charge is -2.11. The molecule has 0 saturated heterocycles. The zero-order chi connectivity index (χ0) is 24.1. The van der Waals surface area contributed by atoms with Gasteiger partial charge in [-0.2, -0.15) is 5.26 Å². The lowest BCUT2D eigenvalue weighted by Crippen LogP contribution is -2.14. The highest BCUT2D eigenvalue weighted by molar-refractivity contribution is 6.11. The number of fused-ring (bicyclic) bond motifs is 1. The monoisotopic (exact) mass is 449 g/mol. The van der Waals surface area contributed by atoms with Gasteiger partial charge in [0.05, 0.1) is 6.10 Å². The molecule has 34 heavy (non-hydrogen) atoms. The number of para-hydroxylation sites is 1. The fourth-order valence-corrected chi connectivity index (χ4v) is 4.02. The van der Waals surface area contributed by atoms with E-state index in [1.165, 1.54) is 5.56 Å². The van der Waals surface area contributed by atoms with Gasteiger partial charge in [0.25, 0.3) is 5.91 Å². The van der Waals surface area contributed by atoms with Gasteiger partial charge in [-0.3, -0.25) is 4.79 Å². The summed E-state index contributed by atoms with van der Waals surface area (Å²) in [6.45, 7) is 6.61. The minimum Gasteiger partial charge on any atom is -0.491 e. The first-order valence-electron chi connectivity index (χ1n) is 11.3. The molecule has 5 heteroatoms. The van der Waals surface area contributed by atoms with Gasteiger partial charge in [0.2, 0.25) is 0 Å². The number of carbonyl (C=O) groups excluding carboxylic acids is 1. The van der Waals surface area contributed by atoms with Gasteiger partial charge in [0.1, 0.15) is 17.4 Å². The van der Waals surface area contributed by atoms with E-state index in [0.717, 1.165) is 22.2 Å². The maximum Gasteiger partial charge on any atom is 0.266 e. The van der Waals surface area contributed by atoms with Crippen LogP contribution >= 0.6 is 0 Å². The average molecular weight is 450 g/mol. The molecule has 0 saturated carbocycles. The van der Waals surface area contributed by atoms with Crippen LogP contribution in [0.2, 0.25) is 0 Å². The lowest BCUT2D eigenvalue weighted by atomic mass is 10.1. The quantitative estimate of drug-likeness (QED) is 0.265. The second kappa shape index (κ2) is 10.1. The van der Waals surface area contributed by atoms with Gasteiger partial charge in [0, 0.05) is 40.5 Å². The summed E-state index contributed by atoms with van der Waals surface area (Å²) in [4.78, 5) is 13.0. The van der Waals surface area contributed by atoms with Crippen LogP contribution in [-0.2, 0) is 11.3 Å². The highest BCUT2D eigenvalue weighted by Crippen LogP contribution is 2.29. The van der Waals surface area contributed by atoms with Crippen LogP contribution in [0.5, 0.6) is 5.75 Å². The van der Waals surface area contributed by atoms with Crippen LogP contribution in [0.15, 0.2) is 84.4 Å². The molecule has 0 aliphatic heterocycles. The van der Waals surface area contributed by atoms with Crippen LogP contribution in [0.4, 0.5) is 5.69 Å². The van der Waals surface area contributed by atoms with E-state index in [1.54, 1.807) is 18.2 Å². The second-order valence-electron chi connectivity index (χ2n) is 8.41. The molecule has 0 aliphatic rings. The van der Waals surface area contributed by atoms with E-state index in [-0.39, 0.29) is 11.7 Å². The van der Waals surface area contributed by atoms with Crippen molar-refractivity contribution in [1.29, 1.82) is 5.26 Å². The Morgan fingerprint density at radius 2 is 1.79 bits per heavy atom. The minimum atomic E-state index is -0.455. The van der Waals surface area contributed by atoms with Gasteiger partial charge in [-0.15, -0.1) is 0 Å². The van der Waals surface area contributed by atoms with E-state index in [1.807, 2.05) is 69.3 Å².